The third kappa shape index (κ3) is 2.26. The zero-order valence-corrected chi connectivity index (χ0v) is 10.9. The molecule has 0 saturated heterocycles. The van der Waals surface area contributed by atoms with Gasteiger partial charge in [0.2, 0.25) is 0 Å². The standard InChI is InChI=1S/C11H13BrO2S/c1-8(12)9-2-4-10(5-3-9)15(13,14)11-6-7-11/h2-5,8,11H,6-7H2,1H3. The summed E-state index contributed by atoms with van der Waals surface area (Å²) in [7, 11) is -3.02. The second-order valence-corrected chi connectivity index (χ2v) is 7.53. The molecule has 1 saturated carbocycles. The molecule has 0 bridgehead atoms. The minimum Gasteiger partial charge on any atom is -0.223 e. The van der Waals surface area contributed by atoms with Gasteiger partial charge in [0, 0.05) is 4.83 Å². The van der Waals surface area contributed by atoms with E-state index in [4.69, 9.17) is 0 Å². The lowest BCUT2D eigenvalue weighted by atomic mass is 10.2. The monoisotopic (exact) mass is 288 g/mol. The Kier molecular flexibility index (Phi) is 2.90. The normalized spacial score (nSPS) is 18.8. The van der Waals surface area contributed by atoms with E-state index in [0.717, 1.165) is 18.4 Å². The van der Waals surface area contributed by atoms with Crippen LogP contribution in [0.25, 0.3) is 0 Å². The Bertz CT molecular complexity index is 444. The highest BCUT2D eigenvalue weighted by Crippen LogP contribution is 2.34. The Labute approximate surface area is 98.7 Å². The van der Waals surface area contributed by atoms with E-state index in [9.17, 15) is 8.42 Å². The van der Waals surface area contributed by atoms with Gasteiger partial charge in [-0.05, 0) is 37.5 Å². The van der Waals surface area contributed by atoms with Crippen molar-refractivity contribution in [3.63, 3.8) is 0 Å². The van der Waals surface area contributed by atoms with Crippen LogP contribution < -0.4 is 0 Å². The van der Waals surface area contributed by atoms with E-state index in [1.165, 1.54) is 0 Å². The fraction of sp³-hybridized carbons (Fsp3) is 0.455. The molecule has 15 heavy (non-hydrogen) atoms. The van der Waals surface area contributed by atoms with Crippen LogP contribution in [0.3, 0.4) is 0 Å². The van der Waals surface area contributed by atoms with E-state index < -0.39 is 9.84 Å². The summed E-state index contributed by atoms with van der Waals surface area (Å²) in [6, 6.07) is 7.16. The van der Waals surface area contributed by atoms with Crippen molar-refractivity contribution in [2.24, 2.45) is 0 Å². The van der Waals surface area contributed by atoms with Gasteiger partial charge in [-0.1, -0.05) is 28.1 Å². The number of hydrogen-bond acceptors (Lipinski definition) is 2. The molecule has 0 aliphatic heterocycles. The Morgan fingerprint density at radius 2 is 1.80 bits per heavy atom. The van der Waals surface area contributed by atoms with Gasteiger partial charge in [-0.15, -0.1) is 0 Å². The van der Waals surface area contributed by atoms with Crippen LogP contribution in [0, 0.1) is 0 Å². The average Bonchev–Trinajstić information content (AvgIpc) is 3.01. The zero-order valence-electron chi connectivity index (χ0n) is 8.48. The molecular weight excluding hydrogens is 276 g/mol. The van der Waals surface area contributed by atoms with E-state index >= 15 is 0 Å². The topological polar surface area (TPSA) is 34.1 Å². The van der Waals surface area contributed by atoms with E-state index in [1.807, 2.05) is 19.1 Å². The summed E-state index contributed by atoms with van der Waals surface area (Å²) in [6.07, 6.45) is 1.64. The van der Waals surface area contributed by atoms with Gasteiger partial charge in [0.15, 0.2) is 9.84 Å². The van der Waals surface area contributed by atoms with Gasteiger partial charge < -0.3 is 0 Å². The lowest BCUT2D eigenvalue weighted by Gasteiger charge is -2.06. The van der Waals surface area contributed by atoms with E-state index in [1.54, 1.807) is 12.1 Å². The molecule has 0 heterocycles. The fourth-order valence-electron chi connectivity index (χ4n) is 1.49. The lowest BCUT2D eigenvalue weighted by molar-refractivity contribution is 0.595. The van der Waals surface area contributed by atoms with Gasteiger partial charge in [-0.25, -0.2) is 8.42 Å². The first-order chi connectivity index (χ1) is 7.01. The largest absolute Gasteiger partial charge is 0.223 e. The molecule has 0 radical (unpaired) electrons. The predicted octanol–water partition coefficient (Wildman–Crippen LogP) is 3.08. The maximum Gasteiger partial charge on any atom is 0.181 e. The molecule has 0 amide bonds. The highest BCUT2D eigenvalue weighted by Gasteiger charge is 2.36. The summed E-state index contributed by atoms with van der Waals surface area (Å²) < 4.78 is 23.7. The predicted molar refractivity (Wildman–Crippen MR) is 64.0 cm³/mol. The molecule has 1 aliphatic carbocycles. The molecule has 2 rings (SSSR count). The fourth-order valence-corrected chi connectivity index (χ4v) is 3.46. The van der Waals surface area contributed by atoms with Crippen molar-refractivity contribution in [2.75, 3.05) is 0 Å². The molecule has 1 aliphatic rings. The molecule has 1 fully saturated rings. The van der Waals surface area contributed by atoms with E-state index in [0.29, 0.717) is 4.90 Å². The summed E-state index contributed by atoms with van der Waals surface area (Å²) >= 11 is 3.45. The molecule has 4 heteroatoms. The van der Waals surface area contributed by atoms with Crippen molar-refractivity contribution in [2.45, 2.75) is 34.7 Å². The first kappa shape index (κ1) is 11.1. The first-order valence-corrected chi connectivity index (χ1v) is 7.46. The van der Waals surface area contributed by atoms with Gasteiger partial charge in [-0.3, -0.25) is 0 Å². The number of halogens is 1. The van der Waals surface area contributed by atoms with Gasteiger partial charge >= 0.3 is 0 Å². The molecule has 1 aromatic rings. The third-order valence-electron chi connectivity index (χ3n) is 2.63. The Morgan fingerprint density at radius 3 is 2.20 bits per heavy atom. The minimum atomic E-state index is -3.02. The average molecular weight is 289 g/mol. The quantitative estimate of drug-likeness (QED) is 0.801. The molecular formula is C11H13BrO2S. The van der Waals surface area contributed by atoms with Crippen LogP contribution in [0.5, 0.6) is 0 Å². The molecule has 0 N–H and O–H groups in total. The summed E-state index contributed by atoms with van der Waals surface area (Å²) in [4.78, 5) is 0.720. The van der Waals surface area contributed by atoms with Crippen LogP contribution in [0.2, 0.25) is 0 Å². The van der Waals surface area contributed by atoms with Crippen LogP contribution in [-0.4, -0.2) is 13.7 Å². The van der Waals surface area contributed by atoms with Gasteiger partial charge in [-0.2, -0.15) is 0 Å². The Balaban J connectivity index is 2.31. The molecule has 0 aromatic heterocycles. The number of alkyl halides is 1. The van der Waals surface area contributed by atoms with Crippen molar-refractivity contribution >= 4 is 25.8 Å². The second kappa shape index (κ2) is 3.91. The Morgan fingerprint density at radius 1 is 1.27 bits per heavy atom. The Hall–Kier alpha value is -0.350. The molecule has 0 spiro atoms. The van der Waals surface area contributed by atoms with Gasteiger partial charge in [0.1, 0.15) is 0 Å². The molecule has 82 valence electrons. The maximum atomic E-state index is 11.9. The summed E-state index contributed by atoms with van der Waals surface area (Å²) in [5.41, 5.74) is 1.10. The van der Waals surface area contributed by atoms with Crippen LogP contribution in [-0.2, 0) is 9.84 Å². The van der Waals surface area contributed by atoms with Crippen molar-refractivity contribution < 1.29 is 8.42 Å². The van der Waals surface area contributed by atoms with E-state index in [2.05, 4.69) is 15.9 Å². The summed E-state index contributed by atoms with van der Waals surface area (Å²) in [6.45, 7) is 2.02. The van der Waals surface area contributed by atoms with Gasteiger partial charge in [0.25, 0.3) is 0 Å². The molecule has 1 unspecified atom stereocenters. The summed E-state index contributed by atoms with van der Waals surface area (Å²) in [5, 5.41) is -0.121. The number of benzene rings is 1. The second-order valence-electron chi connectivity index (χ2n) is 3.93. The van der Waals surface area contributed by atoms with E-state index in [-0.39, 0.29) is 10.1 Å². The van der Waals surface area contributed by atoms with Crippen molar-refractivity contribution in [1.29, 1.82) is 0 Å². The first-order valence-electron chi connectivity index (χ1n) is 5.00. The highest BCUT2D eigenvalue weighted by atomic mass is 79.9. The number of rotatable bonds is 3. The minimum absolute atomic E-state index is 0.121. The van der Waals surface area contributed by atoms with Crippen molar-refractivity contribution in [1.82, 2.24) is 0 Å². The van der Waals surface area contributed by atoms with Crippen LogP contribution in [0.1, 0.15) is 30.2 Å². The summed E-state index contributed by atoms with van der Waals surface area (Å²) in [5.74, 6) is 0. The van der Waals surface area contributed by atoms with Crippen molar-refractivity contribution in [3.8, 4) is 0 Å². The molecule has 2 nitrogen and oxygen atoms in total. The highest BCUT2D eigenvalue weighted by molar-refractivity contribution is 9.09. The maximum absolute atomic E-state index is 11.9. The van der Waals surface area contributed by atoms with Crippen molar-refractivity contribution in [3.05, 3.63) is 29.8 Å². The zero-order chi connectivity index (χ0) is 11.1. The smallest absolute Gasteiger partial charge is 0.181 e. The van der Waals surface area contributed by atoms with Crippen LogP contribution >= 0.6 is 15.9 Å². The number of hydrogen-bond donors (Lipinski definition) is 0. The number of sulfone groups is 1. The van der Waals surface area contributed by atoms with Gasteiger partial charge in [0.05, 0.1) is 10.1 Å². The van der Waals surface area contributed by atoms with Crippen LogP contribution in [0.15, 0.2) is 29.2 Å². The molecule has 1 aromatic carbocycles. The lowest BCUT2D eigenvalue weighted by Crippen LogP contribution is -2.06. The van der Waals surface area contributed by atoms with Crippen LogP contribution in [0.4, 0.5) is 0 Å². The SMILES string of the molecule is CC(Br)c1ccc(S(=O)(=O)C2CC2)cc1. The molecule has 1 atom stereocenters. The third-order valence-corrected chi connectivity index (χ3v) is 5.44.